The molecule has 1 aliphatic rings. The summed E-state index contributed by atoms with van der Waals surface area (Å²) in [7, 11) is 0. The Morgan fingerprint density at radius 2 is 1.81 bits per heavy atom. The van der Waals surface area contributed by atoms with Crippen LogP contribution in [-0.2, 0) is 4.29 Å². The van der Waals surface area contributed by atoms with E-state index in [0.29, 0.717) is 11.7 Å². The first-order chi connectivity index (χ1) is 7.79. The van der Waals surface area contributed by atoms with E-state index in [-0.39, 0.29) is 0 Å². The van der Waals surface area contributed by atoms with E-state index in [2.05, 4.69) is 4.29 Å². The minimum absolute atomic E-state index is 0.325. The summed E-state index contributed by atoms with van der Waals surface area (Å²) >= 11 is 4.98. The zero-order valence-electron chi connectivity index (χ0n) is 8.82. The van der Waals surface area contributed by atoms with Crippen molar-refractivity contribution in [2.24, 2.45) is 0 Å². The summed E-state index contributed by atoms with van der Waals surface area (Å²) < 4.78 is 9.86. The second-order valence-electron chi connectivity index (χ2n) is 3.91. The van der Waals surface area contributed by atoms with Gasteiger partial charge in [-0.1, -0.05) is 0 Å². The highest BCUT2D eigenvalue weighted by molar-refractivity contribution is 6.15. The van der Waals surface area contributed by atoms with Crippen LogP contribution in [-0.4, -0.2) is 12.1 Å². The number of halogens is 1. The van der Waals surface area contributed by atoms with Crippen molar-refractivity contribution in [2.75, 3.05) is 0 Å². The number of ether oxygens (including phenoxy) is 1. The van der Waals surface area contributed by atoms with Gasteiger partial charge in [-0.2, -0.15) is 0 Å². The van der Waals surface area contributed by atoms with Crippen LogP contribution in [0.5, 0.6) is 5.75 Å². The van der Waals surface area contributed by atoms with Gasteiger partial charge in [0, 0.05) is 0 Å². The first-order valence-corrected chi connectivity index (χ1v) is 5.70. The molecule has 1 aliphatic carbocycles. The zero-order valence-corrected chi connectivity index (χ0v) is 9.57. The highest BCUT2D eigenvalue weighted by atomic mass is 35.5. The summed E-state index contributed by atoms with van der Waals surface area (Å²) in [6.07, 6.45) is 5.03. The highest BCUT2D eigenvalue weighted by Crippen LogP contribution is 2.24. The fraction of sp³-hybridized carbons (Fsp3) is 0.417. The average Bonchev–Trinajstić information content (AvgIpc) is 2.82. The van der Waals surface area contributed by atoms with E-state index in [1.807, 2.05) is 0 Å². The number of carbonyl (C=O) groups is 1. The Morgan fingerprint density at radius 1 is 1.19 bits per heavy atom. The van der Waals surface area contributed by atoms with E-state index in [4.69, 9.17) is 16.6 Å². The number of rotatable bonds is 3. The van der Waals surface area contributed by atoms with E-state index >= 15 is 0 Å². The summed E-state index contributed by atoms with van der Waals surface area (Å²) in [6.45, 7) is 0. The van der Waals surface area contributed by atoms with Crippen LogP contribution in [0.2, 0.25) is 0 Å². The van der Waals surface area contributed by atoms with Crippen LogP contribution in [0.25, 0.3) is 0 Å². The van der Waals surface area contributed by atoms with Gasteiger partial charge >= 0.3 is 5.97 Å². The van der Waals surface area contributed by atoms with Crippen molar-refractivity contribution < 1.29 is 13.8 Å². The molecule has 1 fully saturated rings. The van der Waals surface area contributed by atoms with Crippen molar-refractivity contribution in [3.05, 3.63) is 29.8 Å². The molecule has 0 amide bonds. The summed E-state index contributed by atoms with van der Waals surface area (Å²) in [5.74, 6) is 0.243. The minimum atomic E-state index is -0.547. The monoisotopic (exact) mass is 240 g/mol. The van der Waals surface area contributed by atoms with Crippen molar-refractivity contribution in [1.29, 1.82) is 0 Å². The number of hydrogen-bond acceptors (Lipinski definition) is 3. The molecule has 0 aliphatic heterocycles. The molecule has 0 bridgehead atoms. The minimum Gasteiger partial charge on any atom is -0.490 e. The largest absolute Gasteiger partial charge is 0.490 e. The third-order valence-corrected chi connectivity index (χ3v) is 2.91. The maximum atomic E-state index is 11.1. The first kappa shape index (κ1) is 11.3. The highest BCUT2D eigenvalue weighted by Gasteiger charge is 2.16. The Hall–Kier alpha value is -1.22. The van der Waals surface area contributed by atoms with E-state index in [1.165, 1.54) is 12.8 Å². The number of benzene rings is 1. The molecule has 0 heterocycles. The van der Waals surface area contributed by atoms with Crippen molar-refractivity contribution in [2.45, 2.75) is 31.8 Å². The Balaban J connectivity index is 1.98. The quantitative estimate of drug-likeness (QED) is 0.813. The topological polar surface area (TPSA) is 35.5 Å². The molecule has 2 rings (SSSR count). The molecule has 1 aromatic carbocycles. The van der Waals surface area contributed by atoms with Crippen molar-refractivity contribution in [3.8, 4) is 5.75 Å². The summed E-state index contributed by atoms with van der Waals surface area (Å²) in [5, 5.41) is 0. The van der Waals surface area contributed by atoms with Crippen LogP contribution in [0.3, 0.4) is 0 Å². The molecule has 1 saturated carbocycles. The van der Waals surface area contributed by atoms with Crippen LogP contribution < -0.4 is 4.74 Å². The zero-order chi connectivity index (χ0) is 11.4. The lowest BCUT2D eigenvalue weighted by Gasteiger charge is -2.12. The fourth-order valence-corrected chi connectivity index (χ4v) is 2.00. The third kappa shape index (κ3) is 2.67. The number of hydrogen-bond donors (Lipinski definition) is 0. The maximum absolute atomic E-state index is 11.1. The Labute approximate surface area is 99.5 Å². The van der Waals surface area contributed by atoms with Gasteiger partial charge in [-0.15, -0.1) is 0 Å². The summed E-state index contributed by atoms with van der Waals surface area (Å²) in [5.41, 5.74) is 0.425. The Kier molecular flexibility index (Phi) is 3.67. The van der Waals surface area contributed by atoms with Gasteiger partial charge in [0.25, 0.3) is 0 Å². The molecule has 0 saturated heterocycles. The van der Waals surface area contributed by atoms with Gasteiger partial charge in [0.2, 0.25) is 0 Å². The average molecular weight is 241 g/mol. The Bertz CT molecular complexity index is 355. The van der Waals surface area contributed by atoms with Gasteiger partial charge in [-0.25, -0.2) is 4.79 Å². The van der Waals surface area contributed by atoms with Crippen LogP contribution in [0.4, 0.5) is 0 Å². The molecule has 86 valence electrons. The Morgan fingerprint density at radius 3 is 2.38 bits per heavy atom. The van der Waals surface area contributed by atoms with Gasteiger partial charge in [0.15, 0.2) is 0 Å². The molecule has 0 radical (unpaired) electrons. The molecule has 4 heteroatoms. The molecule has 0 N–H and O–H groups in total. The van der Waals surface area contributed by atoms with E-state index in [9.17, 15) is 4.79 Å². The normalized spacial score (nSPS) is 16.1. The molecule has 1 aromatic rings. The molecule has 0 atom stereocenters. The van der Waals surface area contributed by atoms with E-state index in [0.717, 1.165) is 18.6 Å². The van der Waals surface area contributed by atoms with Crippen molar-refractivity contribution in [1.82, 2.24) is 0 Å². The molecule has 0 unspecified atom stereocenters. The predicted molar refractivity (Wildman–Crippen MR) is 60.6 cm³/mol. The van der Waals surface area contributed by atoms with Crippen molar-refractivity contribution in [3.63, 3.8) is 0 Å². The molecule has 0 spiro atoms. The molecule has 3 nitrogen and oxygen atoms in total. The molecule has 16 heavy (non-hydrogen) atoms. The van der Waals surface area contributed by atoms with Crippen LogP contribution >= 0.6 is 11.9 Å². The molecular weight excluding hydrogens is 228 g/mol. The SMILES string of the molecule is O=C(OCl)c1ccc(OC2CCCC2)cc1. The first-order valence-electron chi connectivity index (χ1n) is 5.39. The van der Waals surface area contributed by atoms with Gasteiger partial charge in [-0.05, 0) is 49.9 Å². The van der Waals surface area contributed by atoms with Gasteiger partial charge in [-0.3, -0.25) is 0 Å². The second-order valence-corrected chi connectivity index (χ2v) is 4.07. The maximum Gasteiger partial charge on any atom is 0.356 e. The predicted octanol–water partition coefficient (Wildman–Crippen LogP) is 3.32. The lowest BCUT2D eigenvalue weighted by molar-refractivity contribution is 0.0751. The number of carbonyl (C=O) groups excluding carboxylic acids is 1. The van der Waals surface area contributed by atoms with Gasteiger partial charge < -0.3 is 9.03 Å². The second kappa shape index (κ2) is 5.21. The van der Waals surface area contributed by atoms with Crippen LogP contribution in [0.15, 0.2) is 24.3 Å². The standard InChI is InChI=1S/C12H13ClO3/c13-16-12(14)9-5-7-11(8-6-9)15-10-3-1-2-4-10/h5-8,10H,1-4H2. The fourth-order valence-electron chi connectivity index (χ4n) is 1.91. The summed E-state index contributed by atoms with van der Waals surface area (Å²) in [6, 6.07) is 6.83. The lowest BCUT2D eigenvalue weighted by atomic mass is 10.2. The smallest absolute Gasteiger partial charge is 0.356 e. The van der Waals surface area contributed by atoms with E-state index < -0.39 is 5.97 Å². The van der Waals surface area contributed by atoms with E-state index in [1.54, 1.807) is 24.3 Å². The van der Waals surface area contributed by atoms with Gasteiger partial charge in [0.05, 0.1) is 11.7 Å². The van der Waals surface area contributed by atoms with Crippen LogP contribution in [0, 0.1) is 0 Å². The molecular formula is C12H13ClO3. The van der Waals surface area contributed by atoms with Gasteiger partial charge in [0.1, 0.15) is 17.6 Å². The lowest BCUT2D eigenvalue weighted by Crippen LogP contribution is -2.10. The van der Waals surface area contributed by atoms with Crippen molar-refractivity contribution >= 4 is 17.8 Å². The van der Waals surface area contributed by atoms with Crippen LogP contribution in [0.1, 0.15) is 36.0 Å². The summed E-state index contributed by atoms with van der Waals surface area (Å²) in [4.78, 5) is 11.1. The molecule has 0 aromatic heterocycles. The third-order valence-electron chi connectivity index (χ3n) is 2.77.